The summed E-state index contributed by atoms with van der Waals surface area (Å²) in [4.78, 5) is 12.0. The third-order valence-electron chi connectivity index (χ3n) is 8.28. The van der Waals surface area contributed by atoms with E-state index in [0.717, 1.165) is 72.9 Å². The zero-order valence-electron chi connectivity index (χ0n) is 23.9. The molecule has 1 aliphatic carbocycles. The number of fused-ring (bicyclic) bond motifs is 1. The van der Waals surface area contributed by atoms with Crippen molar-refractivity contribution in [2.75, 3.05) is 43.9 Å². The Kier molecular flexibility index (Phi) is 8.73. The highest BCUT2D eigenvalue weighted by Crippen LogP contribution is 2.29. The quantitative estimate of drug-likeness (QED) is 0.354. The standard InChI is InChI=1S/C31H42N6O2S/c1-22(2)24-13-17-27(18-14-24)40(38,39)37-19-7-8-26(37)21-32-20-23-11-15-25(16-12-23)33-31-34-29-10-6-5-9-28(29)30(35-31)36(3)4/h5-6,9-10,13-14,17-18,23,25-26,32H,1,7-8,11-12,15-16,19-21H2,2-4H3,(H,33,34,35)/t23?,25?,26-/m0/s1. The van der Waals surface area contributed by atoms with Gasteiger partial charge in [0.15, 0.2) is 0 Å². The van der Waals surface area contributed by atoms with Crippen LogP contribution in [0.1, 0.15) is 51.0 Å². The predicted molar refractivity (Wildman–Crippen MR) is 164 cm³/mol. The molecule has 0 spiro atoms. The first-order chi connectivity index (χ1) is 19.2. The van der Waals surface area contributed by atoms with Crippen LogP contribution < -0.4 is 15.5 Å². The average molecular weight is 563 g/mol. The van der Waals surface area contributed by atoms with Gasteiger partial charge in [0, 0.05) is 44.7 Å². The number of nitrogens with zero attached hydrogens (tertiary/aromatic N) is 4. The Labute approximate surface area is 238 Å². The number of allylic oxidation sites excluding steroid dienone is 1. The van der Waals surface area contributed by atoms with E-state index in [9.17, 15) is 8.42 Å². The Balaban J connectivity index is 1.11. The molecule has 2 aromatic carbocycles. The fourth-order valence-corrected chi connectivity index (χ4v) is 7.68. The number of anilines is 2. The summed E-state index contributed by atoms with van der Waals surface area (Å²) in [6.45, 7) is 8.06. The second kappa shape index (κ2) is 12.2. The summed E-state index contributed by atoms with van der Waals surface area (Å²) in [6, 6.07) is 15.6. The Hall–Kier alpha value is -3.01. The maximum absolute atomic E-state index is 13.4. The van der Waals surface area contributed by atoms with Gasteiger partial charge in [0.25, 0.3) is 0 Å². The Morgan fingerprint density at radius 2 is 1.73 bits per heavy atom. The van der Waals surface area contributed by atoms with Gasteiger partial charge in [0.2, 0.25) is 16.0 Å². The summed E-state index contributed by atoms with van der Waals surface area (Å²) in [5.74, 6) is 2.22. The van der Waals surface area contributed by atoms with Crippen LogP contribution >= 0.6 is 0 Å². The van der Waals surface area contributed by atoms with Gasteiger partial charge in [0.1, 0.15) is 5.82 Å². The van der Waals surface area contributed by atoms with Crippen LogP contribution in [0, 0.1) is 5.92 Å². The molecule has 5 rings (SSSR count). The monoisotopic (exact) mass is 562 g/mol. The van der Waals surface area contributed by atoms with Crippen molar-refractivity contribution in [1.82, 2.24) is 19.6 Å². The van der Waals surface area contributed by atoms with Gasteiger partial charge in [-0.1, -0.05) is 36.4 Å². The van der Waals surface area contributed by atoms with E-state index in [0.29, 0.717) is 35.9 Å². The van der Waals surface area contributed by atoms with E-state index in [-0.39, 0.29) is 6.04 Å². The first-order valence-corrected chi connectivity index (χ1v) is 15.9. The summed E-state index contributed by atoms with van der Waals surface area (Å²) in [5.41, 5.74) is 2.84. The molecule has 1 saturated carbocycles. The highest BCUT2D eigenvalue weighted by atomic mass is 32.2. The largest absolute Gasteiger partial charge is 0.362 e. The molecule has 0 bridgehead atoms. The molecule has 1 aromatic heterocycles. The van der Waals surface area contributed by atoms with Gasteiger partial charge in [0.05, 0.1) is 10.4 Å². The number of para-hydroxylation sites is 1. The van der Waals surface area contributed by atoms with Crippen molar-refractivity contribution in [2.45, 2.75) is 62.4 Å². The fraction of sp³-hybridized carbons (Fsp3) is 0.484. The van der Waals surface area contributed by atoms with Crippen molar-refractivity contribution in [3.8, 4) is 0 Å². The smallest absolute Gasteiger partial charge is 0.243 e. The van der Waals surface area contributed by atoms with Gasteiger partial charge >= 0.3 is 0 Å². The molecule has 214 valence electrons. The third-order valence-corrected chi connectivity index (χ3v) is 10.2. The minimum atomic E-state index is -3.50. The SMILES string of the molecule is C=C(C)c1ccc(S(=O)(=O)N2CCC[C@H]2CNCC2CCC(Nc3nc(N(C)C)c4ccccc4n3)CC2)cc1. The first kappa shape index (κ1) is 28.5. The fourth-order valence-electron chi connectivity index (χ4n) is 5.99. The lowest BCUT2D eigenvalue weighted by Gasteiger charge is -2.30. The summed E-state index contributed by atoms with van der Waals surface area (Å²) < 4.78 is 28.4. The molecular formula is C31H42N6O2S. The zero-order chi connectivity index (χ0) is 28.3. The van der Waals surface area contributed by atoms with Crippen LogP contribution in [0.25, 0.3) is 16.5 Å². The second-order valence-corrected chi connectivity index (χ2v) is 13.4. The van der Waals surface area contributed by atoms with Gasteiger partial charge in [-0.15, -0.1) is 0 Å². The minimum absolute atomic E-state index is 0.000215. The molecule has 40 heavy (non-hydrogen) atoms. The maximum atomic E-state index is 13.4. The zero-order valence-corrected chi connectivity index (χ0v) is 24.8. The number of hydrogen-bond donors (Lipinski definition) is 2. The average Bonchev–Trinajstić information content (AvgIpc) is 3.43. The molecular weight excluding hydrogens is 520 g/mol. The van der Waals surface area contributed by atoms with Crippen LogP contribution in [0.2, 0.25) is 0 Å². The van der Waals surface area contributed by atoms with Gasteiger partial charge in [-0.25, -0.2) is 13.4 Å². The van der Waals surface area contributed by atoms with E-state index >= 15 is 0 Å². The number of benzene rings is 2. The van der Waals surface area contributed by atoms with Gasteiger partial charge in [-0.05, 0) is 87.7 Å². The second-order valence-electron chi connectivity index (χ2n) is 11.5. The lowest BCUT2D eigenvalue weighted by atomic mass is 9.86. The summed E-state index contributed by atoms with van der Waals surface area (Å²) in [5, 5.41) is 8.26. The normalized spacial score (nSPS) is 21.9. The number of aromatic nitrogens is 2. The highest BCUT2D eigenvalue weighted by Gasteiger charge is 2.35. The minimum Gasteiger partial charge on any atom is -0.362 e. The van der Waals surface area contributed by atoms with Gasteiger partial charge in [-0.3, -0.25) is 0 Å². The molecule has 2 aliphatic rings. The lowest BCUT2D eigenvalue weighted by Crippen LogP contribution is -2.43. The molecule has 2 N–H and O–H groups in total. The first-order valence-electron chi connectivity index (χ1n) is 14.4. The maximum Gasteiger partial charge on any atom is 0.243 e. The van der Waals surface area contributed by atoms with Crippen molar-refractivity contribution in [2.24, 2.45) is 5.92 Å². The summed E-state index contributed by atoms with van der Waals surface area (Å²) in [6.07, 6.45) is 6.20. The molecule has 0 unspecified atom stereocenters. The predicted octanol–water partition coefficient (Wildman–Crippen LogP) is 5.14. The third kappa shape index (κ3) is 6.32. The number of nitrogens with one attached hydrogen (secondary N) is 2. The molecule has 9 heteroatoms. The van der Waals surface area contributed by atoms with Crippen molar-refractivity contribution < 1.29 is 8.42 Å². The summed E-state index contributed by atoms with van der Waals surface area (Å²) >= 11 is 0. The van der Waals surface area contributed by atoms with E-state index in [1.165, 1.54) is 0 Å². The molecule has 1 atom stereocenters. The van der Waals surface area contributed by atoms with Crippen LogP contribution in [0.15, 0.2) is 60.0 Å². The number of sulfonamides is 1. The highest BCUT2D eigenvalue weighted by molar-refractivity contribution is 7.89. The Morgan fingerprint density at radius 1 is 1.00 bits per heavy atom. The lowest BCUT2D eigenvalue weighted by molar-refractivity contribution is 0.308. The molecule has 0 amide bonds. The van der Waals surface area contributed by atoms with Gasteiger partial charge in [-0.2, -0.15) is 9.29 Å². The van der Waals surface area contributed by atoms with E-state index < -0.39 is 10.0 Å². The van der Waals surface area contributed by atoms with Crippen molar-refractivity contribution in [3.05, 3.63) is 60.7 Å². The van der Waals surface area contributed by atoms with Crippen molar-refractivity contribution in [3.63, 3.8) is 0 Å². The van der Waals surface area contributed by atoms with Crippen LogP contribution in [0.3, 0.4) is 0 Å². The molecule has 2 heterocycles. The number of rotatable bonds is 10. The van der Waals surface area contributed by atoms with E-state index in [1.54, 1.807) is 16.4 Å². The molecule has 1 aliphatic heterocycles. The van der Waals surface area contributed by atoms with Crippen LogP contribution in [0.4, 0.5) is 11.8 Å². The molecule has 0 radical (unpaired) electrons. The van der Waals surface area contributed by atoms with Crippen LogP contribution in [0.5, 0.6) is 0 Å². The molecule has 8 nitrogen and oxygen atoms in total. The molecule has 1 saturated heterocycles. The molecule has 3 aromatic rings. The van der Waals surface area contributed by atoms with E-state index in [2.05, 4.69) is 23.3 Å². The van der Waals surface area contributed by atoms with Crippen LogP contribution in [-0.4, -0.2) is 68.5 Å². The van der Waals surface area contributed by atoms with Crippen molar-refractivity contribution >= 4 is 38.3 Å². The number of hydrogen-bond acceptors (Lipinski definition) is 7. The Morgan fingerprint density at radius 3 is 2.42 bits per heavy atom. The van der Waals surface area contributed by atoms with E-state index in [4.69, 9.17) is 9.97 Å². The summed E-state index contributed by atoms with van der Waals surface area (Å²) in [7, 11) is 0.520. The van der Waals surface area contributed by atoms with Crippen LogP contribution in [-0.2, 0) is 10.0 Å². The Bertz CT molecular complexity index is 1430. The van der Waals surface area contributed by atoms with Crippen molar-refractivity contribution in [1.29, 1.82) is 0 Å². The van der Waals surface area contributed by atoms with Gasteiger partial charge < -0.3 is 15.5 Å². The van der Waals surface area contributed by atoms with E-state index in [1.807, 2.05) is 56.3 Å². The molecule has 2 fully saturated rings. The topological polar surface area (TPSA) is 90.5 Å².